The molecule has 0 amide bonds. The molecule has 0 radical (unpaired) electrons. The molecular formula is C76H97MoNO3+4. The predicted molar refractivity (Wildman–Crippen MR) is 350 cm³/mol. The number of phenols is 2. The summed E-state index contributed by atoms with van der Waals surface area (Å²) in [7, 11) is 0. The van der Waals surface area contributed by atoms with Gasteiger partial charge in [-0.1, -0.05) is 202 Å². The van der Waals surface area contributed by atoms with Crippen molar-refractivity contribution < 1.29 is 34.3 Å². The van der Waals surface area contributed by atoms with E-state index in [0.29, 0.717) is 34.8 Å². The van der Waals surface area contributed by atoms with E-state index in [1.54, 1.807) is 0 Å². The molecule has 1 aliphatic rings. The molecule has 9 rings (SSSR count). The summed E-state index contributed by atoms with van der Waals surface area (Å²) in [6.07, 6.45) is 2.56. The normalized spacial score (nSPS) is 12.7. The third kappa shape index (κ3) is 15.1. The average molecular weight is 1170 g/mol. The van der Waals surface area contributed by atoms with Crippen molar-refractivity contribution in [2.75, 3.05) is 18.9 Å². The van der Waals surface area contributed by atoms with Crippen LogP contribution in [0.1, 0.15) is 235 Å². The van der Waals surface area contributed by atoms with Crippen molar-refractivity contribution in [3.63, 3.8) is 0 Å². The molecule has 5 heteroatoms. The van der Waals surface area contributed by atoms with Crippen LogP contribution in [0.2, 0.25) is 0 Å². The number of fused-ring (bicyclic) bond motifs is 2. The van der Waals surface area contributed by atoms with Crippen molar-refractivity contribution in [3.8, 4) is 44.9 Å². The van der Waals surface area contributed by atoms with Gasteiger partial charge >= 0.3 is 78.9 Å². The van der Waals surface area contributed by atoms with Crippen LogP contribution in [-0.4, -0.2) is 27.8 Å². The molecule has 0 bridgehead atoms. The summed E-state index contributed by atoms with van der Waals surface area (Å²) in [5.74, 6) is 3.20. The van der Waals surface area contributed by atoms with E-state index in [0.717, 1.165) is 62.7 Å². The van der Waals surface area contributed by atoms with E-state index in [4.69, 9.17) is 10.5 Å². The number of phenolic OH excluding ortho intramolecular Hbond substituents is 2. The van der Waals surface area contributed by atoms with Crippen LogP contribution in [-0.2, 0) is 29.5 Å². The van der Waals surface area contributed by atoms with Gasteiger partial charge in [-0.15, -0.1) is 0 Å². The van der Waals surface area contributed by atoms with E-state index < -0.39 is 0 Å². The topological polar surface area (TPSA) is 75.7 Å². The molecular weight excluding hydrogens is 1070 g/mol. The second-order valence-electron chi connectivity index (χ2n) is 25.5. The molecule has 0 aromatic heterocycles. The predicted octanol–water partition coefficient (Wildman–Crippen LogP) is 21.8. The van der Waals surface area contributed by atoms with E-state index >= 15 is 0 Å². The van der Waals surface area contributed by atoms with E-state index in [2.05, 4.69) is 250 Å². The molecule has 0 spiro atoms. The van der Waals surface area contributed by atoms with Crippen LogP contribution >= 0.6 is 0 Å². The molecule has 0 saturated carbocycles. The van der Waals surface area contributed by atoms with Crippen LogP contribution in [0.15, 0.2) is 133 Å². The maximum absolute atomic E-state index is 12.9. The largest absolute Gasteiger partial charge is 0.507 e. The van der Waals surface area contributed by atoms with Crippen LogP contribution in [0.3, 0.4) is 0 Å². The van der Waals surface area contributed by atoms with Crippen molar-refractivity contribution in [3.05, 3.63) is 184 Å². The summed E-state index contributed by atoms with van der Waals surface area (Å²) in [5, 5.41) is 29.7. The Labute approximate surface area is 500 Å². The van der Waals surface area contributed by atoms with Crippen molar-refractivity contribution in [2.45, 2.75) is 190 Å². The standard InChI is InChI=1S/C50H58O2.C12H19N.C10H12.C4H8O.Mo/c1-27(2)35-23-39(29(5)6)45(40(24-35)30(7)8)43-21-33-17-13-15-19-37(33)47(49(43)51)48-38-20-16-14-18-34(38)22-44(50(48)52)46-41(31(9)10)25-36(28(3)4)26-42(46)32(11)12;1-8(2)10-6-5-7-11(9(3)4)12(10)13;1-10(2,3)9-7-5-4-6-8-9;1-2-4-5-3-1;/h13-32,51-52H,1-12H3;5-9H,13H2,1-4H3;1,4-8H,2-3H3;1-4H2;/q;;;;+4. The van der Waals surface area contributed by atoms with Crippen molar-refractivity contribution >= 4 is 31.6 Å². The van der Waals surface area contributed by atoms with Crippen molar-refractivity contribution in [1.82, 2.24) is 0 Å². The van der Waals surface area contributed by atoms with Gasteiger partial charge in [0.1, 0.15) is 11.5 Å². The second kappa shape index (κ2) is 28.5. The van der Waals surface area contributed by atoms with Gasteiger partial charge in [0.25, 0.3) is 0 Å². The van der Waals surface area contributed by atoms with Crippen LogP contribution in [0, 0.1) is 0 Å². The number of nitrogen functional groups attached to an aromatic ring is 1. The van der Waals surface area contributed by atoms with Gasteiger partial charge in [-0.25, -0.2) is 0 Å². The molecule has 0 atom stereocenters. The summed E-state index contributed by atoms with van der Waals surface area (Å²) < 4.78 is 7.18. The Morgan fingerprint density at radius 3 is 1.05 bits per heavy atom. The van der Waals surface area contributed by atoms with Crippen molar-refractivity contribution in [2.24, 2.45) is 0 Å². The fourth-order valence-electron chi connectivity index (χ4n) is 11.1. The van der Waals surface area contributed by atoms with E-state index in [9.17, 15) is 10.2 Å². The number of anilines is 1. The van der Waals surface area contributed by atoms with Crippen LogP contribution in [0.25, 0.3) is 54.9 Å². The second-order valence-corrected chi connectivity index (χ2v) is 26.1. The zero-order valence-electron chi connectivity index (χ0n) is 52.5. The Bertz CT molecular complexity index is 3130. The molecule has 0 unspecified atom stereocenters. The number of hydrogen-bond acceptors (Lipinski definition) is 4. The summed E-state index contributed by atoms with van der Waals surface area (Å²) in [6, 6.07) is 47.2. The number of hydrogen-bond donors (Lipinski definition) is 3. The first-order valence-corrected chi connectivity index (χ1v) is 31.3. The fraction of sp³-hybridized carbons (Fsp3) is 0.408. The molecule has 1 saturated heterocycles. The molecule has 4 nitrogen and oxygen atoms in total. The quantitative estimate of drug-likeness (QED) is 0.0794. The number of benzene rings is 8. The molecule has 1 heterocycles. The molecule has 8 aromatic rings. The van der Waals surface area contributed by atoms with Crippen LogP contribution < -0.4 is 5.73 Å². The SMILES string of the molecule is C1CCOC1.CC(C)([CH]=[Mo+4])c1ccccc1.CC(C)c1cc(C(C)C)c(-c2cc3ccccc3c(-c3c(O)c(-c4c(C(C)C)cc(C(C)C)cc4C(C)C)cc4ccccc34)c2O)c(C(C)C)c1.CC(C)c1cccc(C(C)C)c1N. The van der Waals surface area contributed by atoms with E-state index in [-0.39, 0.29) is 40.6 Å². The Hall–Kier alpha value is -5.80. The number of ether oxygens (including phenoxy) is 1. The Balaban J connectivity index is 0.000000292. The molecule has 8 aromatic carbocycles. The molecule has 1 fully saturated rings. The third-order valence-electron chi connectivity index (χ3n) is 16.2. The van der Waals surface area contributed by atoms with Crippen molar-refractivity contribution in [1.29, 1.82) is 0 Å². The van der Waals surface area contributed by atoms with Gasteiger partial charge < -0.3 is 20.7 Å². The molecule has 4 N–H and O–H groups in total. The Kier molecular flexibility index (Phi) is 22.6. The van der Waals surface area contributed by atoms with Gasteiger partial charge in [-0.2, -0.15) is 0 Å². The van der Waals surface area contributed by atoms with Gasteiger partial charge in [-0.3, -0.25) is 0 Å². The number of rotatable bonds is 13. The van der Waals surface area contributed by atoms with Gasteiger partial charge in [-0.05, 0) is 149 Å². The molecule has 1 aliphatic heterocycles. The first kappa shape index (κ1) is 64.4. The van der Waals surface area contributed by atoms with Gasteiger partial charge in [0.2, 0.25) is 0 Å². The Morgan fingerprint density at radius 2 is 0.753 bits per heavy atom. The Morgan fingerprint density at radius 1 is 0.420 bits per heavy atom. The summed E-state index contributed by atoms with van der Waals surface area (Å²) in [6.45, 7) is 42.1. The molecule has 426 valence electrons. The summed E-state index contributed by atoms with van der Waals surface area (Å²) in [5.41, 5.74) is 24.0. The fourth-order valence-corrected chi connectivity index (χ4v) is 11.5. The minimum atomic E-state index is 0.209. The van der Waals surface area contributed by atoms with Gasteiger partial charge in [0.05, 0.1) is 0 Å². The van der Waals surface area contributed by atoms with E-state index in [1.807, 2.05) is 31.5 Å². The van der Waals surface area contributed by atoms with Crippen LogP contribution in [0.4, 0.5) is 5.69 Å². The van der Waals surface area contributed by atoms with Gasteiger partial charge in [0.15, 0.2) is 0 Å². The smallest absolute Gasteiger partial charge is 0.132 e. The third-order valence-corrected chi connectivity index (χ3v) is 17.6. The van der Waals surface area contributed by atoms with Crippen LogP contribution in [0.5, 0.6) is 11.5 Å². The first-order chi connectivity index (χ1) is 38.3. The average Bonchev–Trinajstić information content (AvgIpc) is 3.52. The number of nitrogens with two attached hydrogens (primary N) is 1. The van der Waals surface area contributed by atoms with E-state index in [1.165, 1.54) is 62.9 Å². The minimum Gasteiger partial charge on any atom is -0.507 e. The first-order valence-electron chi connectivity index (χ1n) is 30.2. The van der Waals surface area contributed by atoms with Gasteiger partial charge in [0, 0.05) is 41.2 Å². The summed E-state index contributed by atoms with van der Waals surface area (Å²) >= 11 is 2.04. The molecule has 81 heavy (non-hydrogen) atoms. The monoisotopic (exact) mass is 1170 g/mol. The zero-order valence-corrected chi connectivity index (χ0v) is 54.5. The maximum atomic E-state index is 12.9. The molecule has 0 aliphatic carbocycles. The number of para-hydroxylation sites is 1. The number of aromatic hydroxyl groups is 2. The maximum Gasteiger partial charge on any atom is 0.132 e. The summed E-state index contributed by atoms with van der Waals surface area (Å²) in [4.78, 5) is 0. The zero-order chi connectivity index (χ0) is 59.6. The minimum absolute atomic E-state index is 0.209.